The van der Waals surface area contributed by atoms with Crippen molar-refractivity contribution in [2.75, 3.05) is 5.32 Å². The summed E-state index contributed by atoms with van der Waals surface area (Å²) in [7, 11) is 0. The number of halogens is 3. The van der Waals surface area contributed by atoms with E-state index in [0.717, 1.165) is 19.0 Å². The van der Waals surface area contributed by atoms with Gasteiger partial charge in [-0.1, -0.05) is 18.9 Å². The smallest absolute Gasteiger partial charge is 0.391 e. The van der Waals surface area contributed by atoms with Crippen LogP contribution in [0, 0.1) is 0 Å². The van der Waals surface area contributed by atoms with E-state index in [2.05, 4.69) is 30.6 Å². The van der Waals surface area contributed by atoms with Crippen LogP contribution in [0.4, 0.5) is 19.1 Å². The van der Waals surface area contributed by atoms with Crippen molar-refractivity contribution in [3.63, 3.8) is 0 Å². The number of hydrogen-bond acceptors (Lipinski definition) is 6. The monoisotopic (exact) mass is 417 g/mol. The third-order valence-electron chi connectivity index (χ3n) is 5.41. The van der Waals surface area contributed by atoms with Crippen molar-refractivity contribution in [1.82, 2.24) is 29.8 Å². The Labute approximate surface area is 168 Å². The Morgan fingerprint density at radius 2 is 2.00 bits per heavy atom. The van der Waals surface area contributed by atoms with E-state index in [-0.39, 0.29) is 23.4 Å². The maximum Gasteiger partial charge on any atom is 0.420 e. The van der Waals surface area contributed by atoms with Gasteiger partial charge in [0.15, 0.2) is 5.65 Å². The summed E-state index contributed by atoms with van der Waals surface area (Å²) in [6.07, 6.45) is 0.371. The lowest BCUT2D eigenvalue weighted by Gasteiger charge is -2.28. The molecule has 4 heterocycles. The second-order valence-corrected chi connectivity index (χ2v) is 7.38. The molecule has 5 rings (SSSR count). The number of pyridine rings is 1. The van der Waals surface area contributed by atoms with Crippen LogP contribution in [-0.2, 0) is 6.18 Å². The molecule has 1 aliphatic carbocycles. The van der Waals surface area contributed by atoms with E-state index in [1.807, 2.05) is 0 Å². The molecule has 11 heteroatoms. The zero-order chi connectivity index (χ0) is 20.9. The number of fused-ring (bicyclic) bond motifs is 3. The second-order valence-electron chi connectivity index (χ2n) is 7.38. The summed E-state index contributed by atoms with van der Waals surface area (Å²) in [5, 5.41) is 24.7. The fraction of sp³-hybridized carbons (Fsp3) is 0.368. The van der Waals surface area contributed by atoms with Crippen LogP contribution in [0.15, 0.2) is 30.6 Å². The summed E-state index contributed by atoms with van der Waals surface area (Å²) >= 11 is 0. The highest BCUT2D eigenvalue weighted by molar-refractivity contribution is 6.02. The highest BCUT2D eigenvalue weighted by atomic mass is 19.4. The number of hydrogen-bond donors (Lipinski definition) is 3. The molecule has 1 fully saturated rings. The van der Waals surface area contributed by atoms with Gasteiger partial charge in [0.2, 0.25) is 5.95 Å². The topological polar surface area (TPSA) is 104 Å². The van der Waals surface area contributed by atoms with Crippen LogP contribution in [-0.4, -0.2) is 47.0 Å². The zero-order valence-corrected chi connectivity index (χ0v) is 15.7. The maximum atomic E-state index is 13.7. The predicted molar refractivity (Wildman–Crippen MR) is 103 cm³/mol. The number of nitrogens with zero attached hydrogens (tertiary/aromatic N) is 5. The normalized spacial score (nSPS) is 20.1. The predicted octanol–water partition coefficient (Wildman–Crippen LogP) is 3.40. The number of H-pyrrole nitrogens is 1. The molecule has 0 saturated heterocycles. The fourth-order valence-electron chi connectivity index (χ4n) is 3.93. The molecular formula is C19H18F3N7O. The summed E-state index contributed by atoms with van der Waals surface area (Å²) in [6.45, 7) is 0. The quantitative estimate of drug-likeness (QED) is 0.472. The highest BCUT2D eigenvalue weighted by Crippen LogP contribution is 2.38. The van der Waals surface area contributed by atoms with Crippen molar-refractivity contribution >= 4 is 22.5 Å². The van der Waals surface area contributed by atoms with Gasteiger partial charge in [-0.2, -0.15) is 18.3 Å². The van der Waals surface area contributed by atoms with E-state index in [9.17, 15) is 18.3 Å². The van der Waals surface area contributed by atoms with Crippen molar-refractivity contribution in [2.24, 2.45) is 0 Å². The van der Waals surface area contributed by atoms with Crippen LogP contribution in [0.3, 0.4) is 0 Å². The zero-order valence-electron chi connectivity index (χ0n) is 15.7. The largest absolute Gasteiger partial charge is 0.420 e. The van der Waals surface area contributed by atoms with Gasteiger partial charge in [-0.15, -0.1) is 5.10 Å². The average Bonchev–Trinajstić information content (AvgIpc) is 3.28. The van der Waals surface area contributed by atoms with Crippen molar-refractivity contribution in [2.45, 2.75) is 44.0 Å². The number of alkyl halides is 3. The molecule has 1 saturated carbocycles. The Hall–Kier alpha value is -3.21. The Balaban J connectivity index is 1.65. The third kappa shape index (κ3) is 3.15. The van der Waals surface area contributed by atoms with E-state index >= 15 is 0 Å². The first kappa shape index (κ1) is 18.8. The van der Waals surface area contributed by atoms with Gasteiger partial charge in [0, 0.05) is 12.4 Å². The Bertz CT molecular complexity index is 1220. The first-order chi connectivity index (χ1) is 14.4. The van der Waals surface area contributed by atoms with Gasteiger partial charge in [0.05, 0.1) is 23.0 Å². The summed E-state index contributed by atoms with van der Waals surface area (Å²) in [5.74, 6) is 0.0246. The minimum atomic E-state index is -4.66. The summed E-state index contributed by atoms with van der Waals surface area (Å²) < 4.78 is 42.8. The molecule has 0 spiro atoms. The maximum absolute atomic E-state index is 13.7. The van der Waals surface area contributed by atoms with Gasteiger partial charge in [-0.3, -0.25) is 5.10 Å². The molecule has 4 aromatic heterocycles. The lowest BCUT2D eigenvalue weighted by molar-refractivity contribution is -0.137. The highest BCUT2D eigenvalue weighted by Gasteiger charge is 2.37. The van der Waals surface area contributed by atoms with E-state index in [1.54, 1.807) is 28.9 Å². The number of anilines is 1. The molecule has 0 radical (unpaired) electrons. The van der Waals surface area contributed by atoms with E-state index in [4.69, 9.17) is 0 Å². The lowest BCUT2D eigenvalue weighted by atomic mass is 9.93. The molecule has 0 aliphatic heterocycles. The molecule has 0 unspecified atom stereocenters. The van der Waals surface area contributed by atoms with Gasteiger partial charge >= 0.3 is 6.18 Å². The van der Waals surface area contributed by atoms with E-state index < -0.39 is 17.8 Å². The van der Waals surface area contributed by atoms with Crippen LogP contribution in [0.5, 0.6) is 0 Å². The van der Waals surface area contributed by atoms with Crippen molar-refractivity contribution in [3.8, 4) is 11.4 Å². The average molecular weight is 417 g/mol. The van der Waals surface area contributed by atoms with Crippen LogP contribution in [0.2, 0.25) is 0 Å². The van der Waals surface area contributed by atoms with Gasteiger partial charge in [0.25, 0.3) is 0 Å². The first-order valence-electron chi connectivity index (χ1n) is 9.62. The second kappa shape index (κ2) is 6.94. The number of rotatable bonds is 3. The molecule has 156 valence electrons. The number of aliphatic hydroxyl groups excluding tert-OH is 1. The standard InChI is InChI=1S/C19H18F3N7O/c20-19(21,22)10-9-23-18(24-11-5-1-2-7-13(11)30)25-15(10)16-14-12-6-3-4-8-29(12)28-17(14)27-26-16/h3-4,6,8-9,11,13,30H,1-2,5,7H2,(H,27,28)(H,23,24,25)/t11-,13-/m0/s1. The Morgan fingerprint density at radius 1 is 1.17 bits per heavy atom. The van der Waals surface area contributed by atoms with E-state index in [0.29, 0.717) is 29.4 Å². The molecule has 30 heavy (non-hydrogen) atoms. The number of aliphatic hydroxyl groups is 1. The molecule has 0 bridgehead atoms. The van der Waals surface area contributed by atoms with Crippen LogP contribution in [0.1, 0.15) is 31.2 Å². The van der Waals surface area contributed by atoms with Gasteiger partial charge in [-0.25, -0.2) is 14.5 Å². The van der Waals surface area contributed by atoms with Crippen LogP contribution in [0.25, 0.3) is 27.9 Å². The molecule has 0 amide bonds. The summed E-state index contributed by atoms with van der Waals surface area (Å²) in [5.41, 5.74) is -0.301. The van der Waals surface area contributed by atoms with E-state index in [1.165, 1.54) is 0 Å². The molecule has 8 nitrogen and oxygen atoms in total. The molecule has 1 aliphatic rings. The molecule has 3 N–H and O–H groups in total. The third-order valence-corrected chi connectivity index (χ3v) is 5.41. The minimum absolute atomic E-state index is 0.0246. The lowest BCUT2D eigenvalue weighted by Crippen LogP contribution is -2.37. The van der Waals surface area contributed by atoms with Crippen molar-refractivity contribution in [3.05, 3.63) is 36.2 Å². The number of aromatic nitrogens is 6. The first-order valence-corrected chi connectivity index (χ1v) is 9.62. The van der Waals surface area contributed by atoms with Crippen molar-refractivity contribution in [1.29, 1.82) is 0 Å². The van der Waals surface area contributed by atoms with Crippen LogP contribution < -0.4 is 5.32 Å². The summed E-state index contributed by atoms with van der Waals surface area (Å²) in [6, 6.07) is 4.99. The van der Waals surface area contributed by atoms with Crippen molar-refractivity contribution < 1.29 is 18.3 Å². The Kier molecular flexibility index (Phi) is 4.35. The number of aromatic amines is 1. The van der Waals surface area contributed by atoms with Crippen LogP contribution >= 0.6 is 0 Å². The molecule has 0 aromatic carbocycles. The fourth-order valence-corrected chi connectivity index (χ4v) is 3.93. The summed E-state index contributed by atoms with van der Waals surface area (Å²) in [4.78, 5) is 8.04. The molecule has 2 atom stereocenters. The Morgan fingerprint density at radius 3 is 2.80 bits per heavy atom. The van der Waals surface area contributed by atoms with Gasteiger partial charge < -0.3 is 10.4 Å². The molecular weight excluding hydrogens is 399 g/mol. The molecule has 4 aromatic rings. The minimum Gasteiger partial charge on any atom is -0.391 e. The van der Waals surface area contributed by atoms with Gasteiger partial charge in [-0.05, 0) is 25.0 Å². The van der Waals surface area contributed by atoms with Gasteiger partial charge in [0.1, 0.15) is 17.0 Å². The SMILES string of the molecule is O[C@H]1CCCC[C@@H]1Nc1ncc(C(F)(F)F)c(-c2n[nH]c3nn4ccccc4c23)n1. The number of nitrogens with one attached hydrogen (secondary N) is 2.